The third-order valence-electron chi connectivity index (χ3n) is 11.0. The van der Waals surface area contributed by atoms with E-state index in [2.05, 4.69) is 74.1 Å². The molecule has 4 aromatic rings. The fourth-order valence-electron chi connectivity index (χ4n) is 8.80. The summed E-state index contributed by atoms with van der Waals surface area (Å²) in [5, 5.41) is 1.35. The van der Waals surface area contributed by atoms with Crippen molar-refractivity contribution < 1.29 is 4.79 Å². The van der Waals surface area contributed by atoms with E-state index < -0.39 is 5.41 Å². The van der Waals surface area contributed by atoms with E-state index in [0.717, 1.165) is 12.3 Å². The van der Waals surface area contributed by atoms with Crippen molar-refractivity contribution in [2.24, 2.45) is 23.7 Å². The first-order chi connectivity index (χ1) is 19.8. The molecule has 0 radical (unpaired) electrons. The Kier molecular flexibility index (Phi) is 6.97. The fourth-order valence-corrected chi connectivity index (χ4v) is 10.0. The van der Waals surface area contributed by atoms with Crippen LogP contribution in [0.25, 0.3) is 21.5 Å². The molecule has 2 atom stereocenters. The first-order valence-corrected chi connectivity index (χ1v) is 16.8. The van der Waals surface area contributed by atoms with Crippen LogP contribution in [0.15, 0.2) is 48.8 Å². The third-order valence-corrected chi connectivity index (χ3v) is 12.4. The fraction of sp³-hybridized carbons (Fsp3) is 0.514. The van der Waals surface area contributed by atoms with Crippen LogP contribution in [-0.4, -0.2) is 15.8 Å². The van der Waals surface area contributed by atoms with Gasteiger partial charge in [0, 0.05) is 28.6 Å². The number of carbonyl (C=O) groups is 1. The Balaban J connectivity index is 1.19. The molecule has 3 aromatic heterocycles. The molecule has 3 aliphatic carbocycles. The Bertz CT molecular complexity index is 1540. The Hall–Kier alpha value is -2.72. The van der Waals surface area contributed by atoms with Gasteiger partial charge in [-0.05, 0) is 156 Å². The minimum absolute atomic E-state index is 0.284. The molecule has 0 saturated heterocycles. The number of rotatable bonds is 8. The summed E-state index contributed by atoms with van der Waals surface area (Å²) in [4.78, 5) is 24.6. The molecule has 3 saturated carbocycles. The van der Waals surface area contributed by atoms with Crippen LogP contribution in [0.1, 0.15) is 98.3 Å². The second-order valence-electron chi connectivity index (χ2n) is 14.1. The van der Waals surface area contributed by atoms with Gasteiger partial charge in [-0.2, -0.15) is 0 Å². The zero-order valence-corrected chi connectivity index (χ0v) is 25.9. The van der Waals surface area contributed by atoms with E-state index in [4.69, 9.17) is 0 Å². The number of thiophene rings is 1. The highest BCUT2D eigenvalue weighted by Crippen LogP contribution is 2.53. The summed E-state index contributed by atoms with van der Waals surface area (Å²) >= 11 is 1.83. The number of benzene rings is 1. The number of nitrogens with zero attached hydrogens (tertiary/aromatic N) is 1. The molecular weight excluding hydrogens is 520 g/mol. The summed E-state index contributed by atoms with van der Waals surface area (Å²) in [6.45, 7) is 8.78. The SMILES string of the molecule is Cc1cc(C)cc(-c2[nH]c3sc(C(C)(C)C(=O)C4C5CCC4CC5)cc3c2CCC2CCC(c3ccncc3)C2)c1. The summed E-state index contributed by atoms with van der Waals surface area (Å²) < 4.78 is 0. The normalized spacial score (nSPS) is 25.9. The highest BCUT2D eigenvalue weighted by atomic mass is 32.1. The van der Waals surface area contributed by atoms with Crippen LogP contribution in [0.5, 0.6) is 0 Å². The van der Waals surface area contributed by atoms with Crippen molar-refractivity contribution in [1.29, 1.82) is 0 Å². The van der Waals surface area contributed by atoms with Crippen molar-refractivity contribution in [3.05, 3.63) is 75.9 Å². The largest absolute Gasteiger partial charge is 0.346 e. The maximum absolute atomic E-state index is 14.0. The first kappa shape index (κ1) is 27.1. The molecule has 3 heterocycles. The van der Waals surface area contributed by atoms with E-state index in [1.54, 1.807) is 0 Å². The Morgan fingerprint density at radius 3 is 2.32 bits per heavy atom. The van der Waals surface area contributed by atoms with E-state index in [0.29, 0.717) is 23.5 Å². The molecule has 1 aromatic carbocycles. The molecule has 2 bridgehead atoms. The van der Waals surface area contributed by atoms with E-state index in [9.17, 15) is 4.79 Å². The molecule has 214 valence electrons. The van der Waals surface area contributed by atoms with Gasteiger partial charge >= 0.3 is 0 Å². The van der Waals surface area contributed by atoms with Crippen molar-refractivity contribution in [2.45, 2.75) is 96.8 Å². The van der Waals surface area contributed by atoms with Gasteiger partial charge in [0.15, 0.2) is 0 Å². The summed E-state index contributed by atoms with van der Waals surface area (Å²) in [5.74, 6) is 3.45. The van der Waals surface area contributed by atoms with Gasteiger partial charge in [0.25, 0.3) is 0 Å². The van der Waals surface area contributed by atoms with Crippen LogP contribution < -0.4 is 0 Å². The van der Waals surface area contributed by atoms with Gasteiger partial charge in [-0.3, -0.25) is 9.78 Å². The van der Waals surface area contributed by atoms with Gasteiger partial charge in [0.2, 0.25) is 0 Å². The molecule has 4 heteroatoms. The number of ketones is 1. The topological polar surface area (TPSA) is 45.8 Å². The molecule has 2 unspecified atom stereocenters. The maximum atomic E-state index is 14.0. The number of carbonyl (C=O) groups excluding carboxylic acids is 1. The average molecular weight is 565 g/mol. The van der Waals surface area contributed by atoms with E-state index in [1.165, 1.54) is 100.0 Å². The smallest absolute Gasteiger partial charge is 0.147 e. The number of Topliss-reactive ketones (excluding diaryl/α,β-unsaturated/α-hetero) is 1. The second-order valence-corrected chi connectivity index (χ2v) is 15.1. The Labute approximate surface area is 249 Å². The predicted molar refractivity (Wildman–Crippen MR) is 171 cm³/mol. The third kappa shape index (κ3) is 4.90. The van der Waals surface area contributed by atoms with Gasteiger partial charge in [-0.25, -0.2) is 0 Å². The lowest BCUT2D eigenvalue weighted by Crippen LogP contribution is -2.36. The minimum Gasteiger partial charge on any atom is -0.346 e. The summed E-state index contributed by atoms with van der Waals surface area (Å²) in [7, 11) is 0. The first-order valence-electron chi connectivity index (χ1n) is 16.0. The summed E-state index contributed by atoms with van der Waals surface area (Å²) in [6.07, 6.45) is 15.1. The lowest BCUT2D eigenvalue weighted by Gasteiger charge is -2.27. The number of aryl methyl sites for hydroxylation is 3. The van der Waals surface area contributed by atoms with Crippen LogP contribution in [0.2, 0.25) is 0 Å². The van der Waals surface area contributed by atoms with Crippen LogP contribution in [0.4, 0.5) is 0 Å². The maximum Gasteiger partial charge on any atom is 0.147 e. The molecule has 41 heavy (non-hydrogen) atoms. The van der Waals surface area contributed by atoms with Crippen molar-refractivity contribution in [3.8, 4) is 11.3 Å². The number of aromatic amines is 1. The zero-order chi connectivity index (χ0) is 28.3. The minimum atomic E-state index is -0.430. The number of H-pyrrole nitrogens is 1. The van der Waals surface area contributed by atoms with E-state index >= 15 is 0 Å². The number of pyridine rings is 1. The van der Waals surface area contributed by atoms with Crippen LogP contribution in [0, 0.1) is 37.5 Å². The highest BCUT2D eigenvalue weighted by molar-refractivity contribution is 7.19. The molecule has 7 rings (SSSR count). The monoisotopic (exact) mass is 564 g/mol. The molecule has 3 nitrogen and oxygen atoms in total. The number of hydrogen-bond acceptors (Lipinski definition) is 3. The van der Waals surface area contributed by atoms with Gasteiger partial charge in [-0.1, -0.05) is 17.2 Å². The number of hydrogen-bond donors (Lipinski definition) is 1. The van der Waals surface area contributed by atoms with Gasteiger partial charge in [0.1, 0.15) is 10.6 Å². The number of aromatic nitrogens is 2. The average Bonchev–Trinajstić information content (AvgIpc) is 3.78. The van der Waals surface area contributed by atoms with E-state index in [1.807, 2.05) is 23.7 Å². The van der Waals surface area contributed by atoms with Gasteiger partial charge in [0.05, 0.1) is 11.1 Å². The van der Waals surface area contributed by atoms with Crippen LogP contribution in [-0.2, 0) is 16.6 Å². The molecular formula is C37H44N2OS. The standard InChI is InChI=1S/C37H44N2OS/c1-22-17-23(2)19-29(18-22)34-30(12-6-24-5-7-28(20-24)25-13-15-38-16-14-25)31-21-32(41-36(31)39-34)37(3,4)35(40)33-26-8-9-27(33)11-10-26/h13-19,21,24,26-28,33,39H,5-12,20H2,1-4H3. The van der Waals surface area contributed by atoms with Crippen molar-refractivity contribution in [1.82, 2.24) is 9.97 Å². The van der Waals surface area contributed by atoms with Crippen molar-refractivity contribution in [3.63, 3.8) is 0 Å². The van der Waals surface area contributed by atoms with Crippen molar-refractivity contribution >= 4 is 27.3 Å². The molecule has 0 amide bonds. The van der Waals surface area contributed by atoms with Crippen LogP contribution in [0.3, 0.4) is 0 Å². The lowest BCUT2D eigenvalue weighted by atomic mass is 9.76. The molecule has 0 spiro atoms. The second kappa shape index (κ2) is 10.5. The Morgan fingerprint density at radius 1 is 0.951 bits per heavy atom. The van der Waals surface area contributed by atoms with E-state index in [-0.39, 0.29) is 5.92 Å². The molecule has 0 aliphatic heterocycles. The van der Waals surface area contributed by atoms with Crippen molar-refractivity contribution in [2.75, 3.05) is 0 Å². The molecule has 3 aliphatic rings. The Morgan fingerprint density at radius 2 is 1.63 bits per heavy atom. The molecule has 1 N–H and O–H groups in total. The summed E-state index contributed by atoms with van der Waals surface area (Å²) in [5.41, 5.74) is 7.65. The molecule has 3 fully saturated rings. The van der Waals surface area contributed by atoms with Gasteiger partial charge < -0.3 is 4.98 Å². The number of nitrogens with one attached hydrogen (secondary N) is 1. The summed E-state index contributed by atoms with van der Waals surface area (Å²) in [6, 6.07) is 13.7. The van der Waals surface area contributed by atoms with Gasteiger partial charge in [-0.15, -0.1) is 11.3 Å². The lowest BCUT2D eigenvalue weighted by molar-refractivity contribution is -0.128. The number of fused-ring (bicyclic) bond motifs is 3. The van der Waals surface area contributed by atoms with Crippen LogP contribution >= 0.6 is 11.3 Å². The quantitative estimate of drug-likeness (QED) is 0.231. The predicted octanol–water partition coefficient (Wildman–Crippen LogP) is 9.71. The highest BCUT2D eigenvalue weighted by Gasteiger charge is 2.50. The zero-order valence-electron chi connectivity index (χ0n) is 25.1.